The summed E-state index contributed by atoms with van der Waals surface area (Å²) in [5, 5.41) is 22.8. The summed E-state index contributed by atoms with van der Waals surface area (Å²) in [6, 6.07) is 7.97. The van der Waals surface area contributed by atoms with Crippen LogP contribution in [-0.2, 0) is 0 Å². The van der Waals surface area contributed by atoms with Crippen LogP contribution < -0.4 is 5.32 Å². The molecule has 0 fully saturated rings. The van der Waals surface area contributed by atoms with Crippen LogP contribution in [0.3, 0.4) is 0 Å². The fourth-order valence-electron chi connectivity index (χ4n) is 1.89. The van der Waals surface area contributed by atoms with Crippen molar-refractivity contribution in [2.75, 3.05) is 5.32 Å². The van der Waals surface area contributed by atoms with E-state index in [-0.39, 0.29) is 17.5 Å². The van der Waals surface area contributed by atoms with Crippen molar-refractivity contribution in [1.82, 2.24) is 4.98 Å². The molecule has 1 aromatic heterocycles. The first-order valence-corrected chi connectivity index (χ1v) is 6.26. The zero-order valence-corrected chi connectivity index (χ0v) is 11.4. The smallest absolute Gasteiger partial charge is 0.129 e. The number of aromatic hydroxyl groups is 2. The van der Waals surface area contributed by atoms with Crippen molar-refractivity contribution in [2.24, 2.45) is 0 Å². The number of benzene rings is 1. The predicted octanol–water partition coefficient (Wildman–Crippen LogP) is 3.63. The molecule has 0 aliphatic rings. The molecule has 100 valence electrons. The number of nitrogens with zero attached hydrogens (tertiary/aromatic N) is 1. The Morgan fingerprint density at radius 1 is 1.21 bits per heavy atom. The van der Waals surface area contributed by atoms with Gasteiger partial charge >= 0.3 is 0 Å². The van der Waals surface area contributed by atoms with E-state index < -0.39 is 0 Å². The average molecular weight is 279 g/mol. The molecule has 1 unspecified atom stereocenters. The molecule has 19 heavy (non-hydrogen) atoms. The van der Waals surface area contributed by atoms with Crippen LogP contribution in [0, 0.1) is 6.92 Å². The first-order valence-electron chi connectivity index (χ1n) is 5.89. The highest BCUT2D eigenvalue weighted by atomic mass is 35.5. The molecule has 2 aromatic rings. The van der Waals surface area contributed by atoms with Crippen molar-refractivity contribution in [3.63, 3.8) is 0 Å². The molecule has 4 nitrogen and oxygen atoms in total. The van der Waals surface area contributed by atoms with Gasteiger partial charge in [0.05, 0.1) is 17.4 Å². The molecule has 3 N–H and O–H groups in total. The first kappa shape index (κ1) is 13.5. The van der Waals surface area contributed by atoms with E-state index in [0.717, 1.165) is 11.4 Å². The molecular formula is C14H15ClN2O2. The Morgan fingerprint density at radius 2 is 1.95 bits per heavy atom. The van der Waals surface area contributed by atoms with Gasteiger partial charge in [0.1, 0.15) is 16.7 Å². The molecule has 0 amide bonds. The molecule has 0 saturated heterocycles. The second-order valence-corrected chi connectivity index (χ2v) is 4.76. The van der Waals surface area contributed by atoms with E-state index in [4.69, 9.17) is 11.6 Å². The molecule has 0 aliphatic heterocycles. The average Bonchev–Trinajstić information content (AvgIpc) is 2.32. The van der Waals surface area contributed by atoms with Gasteiger partial charge in [-0.15, -0.1) is 0 Å². The number of rotatable bonds is 3. The summed E-state index contributed by atoms with van der Waals surface area (Å²) in [5.74, 6) is 0.0948. The Hall–Kier alpha value is -1.94. The van der Waals surface area contributed by atoms with Gasteiger partial charge in [-0.3, -0.25) is 0 Å². The van der Waals surface area contributed by atoms with Gasteiger partial charge < -0.3 is 15.5 Å². The highest BCUT2D eigenvalue weighted by Crippen LogP contribution is 2.30. The lowest BCUT2D eigenvalue weighted by Crippen LogP contribution is -2.08. The van der Waals surface area contributed by atoms with Gasteiger partial charge in [0, 0.05) is 11.6 Å². The largest absolute Gasteiger partial charge is 0.508 e. The lowest BCUT2D eigenvalue weighted by molar-refractivity contribution is 0.444. The summed E-state index contributed by atoms with van der Waals surface area (Å²) in [4.78, 5) is 4.16. The van der Waals surface area contributed by atoms with E-state index >= 15 is 0 Å². The molecule has 1 aromatic carbocycles. The normalized spacial score (nSPS) is 12.2. The lowest BCUT2D eigenvalue weighted by atomic mass is 10.1. The summed E-state index contributed by atoms with van der Waals surface area (Å²) >= 11 is 5.81. The summed E-state index contributed by atoms with van der Waals surface area (Å²) in [6.07, 6.45) is 0. The number of hydrogen-bond donors (Lipinski definition) is 3. The Morgan fingerprint density at radius 3 is 2.58 bits per heavy atom. The maximum atomic E-state index is 9.82. The second kappa shape index (κ2) is 5.36. The van der Waals surface area contributed by atoms with Crippen LogP contribution in [-0.4, -0.2) is 15.2 Å². The maximum absolute atomic E-state index is 9.82. The van der Waals surface area contributed by atoms with Crippen LogP contribution >= 0.6 is 11.6 Å². The number of aryl methyl sites for hydroxylation is 1. The lowest BCUT2D eigenvalue weighted by Gasteiger charge is -2.18. The van der Waals surface area contributed by atoms with E-state index in [2.05, 4.69) is 10.3 Å². The van der Waals surface area contributed by atoms with Crippen LogP contribution in [0.1, 0.15) is 24.2 Å². The number of nitrogens with one attached hydrogen (secondary N) is 1. The molecule has 1 atom stereocenters. The van der Waals surface area contributed by atoms with Gasteiger partial charge in [-0.2, -0.15) is 0 Å². The zero-order chi connectivity index (χ0) is 14.0. The van der Waals surface area contributed by atoms with Crippen molar-refractivity contribution < 1.29 is 10.2 Å². The van der Waals surface area contributed by atoms with Gasteiger partial charge in [0.2, 0.25) is 0 Å². The monoisotopic (exact) mass is 278 g/mol. The third-order valence-electron chi connectivity index (χ3n) is 2.90. The van der Waals surface area contributed by atoms with E-state index in [1.165, 1.54) is 6.07 Å². The summed E-state index contributed by atoms with van der Waals surface area (Å²) in [5.41, 5.74) is 2.34. The Balaban J connectivity index is 2.23. The predicted molar refractivity (Wildman–Crippen MR) is 75.8 cm³/mol. The van der Waals surface area contributed by atoms with Gasteiger partial charge in [-0.25, -0.2) is 4.98 Å². The van der Waals surface area contributed by atoms with Crippen molar-refractivity contribution >= 4 is 17.3 Å². The maximum Gasteiger partial charge on any atom is 0.129 e. The topological polar surface area (TPSA) is 65.4 Å². The van der Waals surface area contributed by atoms with E-state index in [0.29, 0.717) is 10.7 Å². The van der Waals surface area contributed by atoms with E-state index in [9.17, 15) is 10.2 Å². The molecule has 5 heteroatoms. The van der Waals surface area contributed by atoms with Crippen LogP contribution in [0.25, 0.3) is 0 Å². The third kappa shape index (κ3) is 3.09. The van der Waals surface area contributed by atoms with Gasteiger partial charge in [-0.1, -0.05) is 11.6 Å². The molecule has 1 heterocycles. The van der Waals surface area contributed by atoms with Crippen molar-refractivity contribution in [3.8, 4) is 11.5 Å². The molecule has 0 spiro atoms. The van der Waals surface area contributed by atoms with Crippen LogP contribution in [0.2, 0.25) is 5.15 Å². The number of pyridine rings is 1. The first-order chi connectivity index (χ1) is 8.97. The molecule has 0 aliphatic carbocycles. The van der Waals surface area contributed by atoms with E-state index in [1.807, 2.05) is 19.9 Å². The number of anilines is 1. The molecule has 0 radical (unpaired) electrons. The minimum absolute atomic E-state index is 0.0396. The summed E-state index contributed by atoms with van der Waals surface area (Å²) in [7, 11) is 0. The molecule has 0 bridgehead atoms. The molecule has 2 rings (SSSR count). The number of aromatic nitrogens is 1. The van der Waals surface area contributed by atoms with Gasteiger partial charge in [0.25, 0.3) is 0 Å². The minimum atomic E-state index is -0.123. The molecule has 0 saturated carbocycles. The van der Waals surface area contributed by atoms with E-state index in [1.54, 1.807) is 18.2 Å². The van der Waals surface area contributed by atoms with Crippen LogP contribution in [0.4, 0.5) is 5.69 Å². The highest BCUT2D eigenvalue weighted by molar-refractivity contribution is 6.29. The number of phenolic OH excluding ortho intramolecular Hbond substituents is 2. The number of halogens is 1. The zero-order valence-electron chi connectivity index (χ0n) is 10.7. The Labute approximate surface area is 116 Å². The standard InChI is InChI=1S/C14H15ClN2O2/c1-8(11-4-3-10(18)7-13(11)19)16-12-5-6-14(15)17-9(12)2/h3-8,16,18-19H,1-2H3. The van der Waals surface area contributed by atoms with Crippen molar-refractivity contribution in [2.45, 2.75) is 19.9 Å². The summed E-state index contributed by atoms with van der Waals surface area (Å²) < 4.78 is 0. The van der Waals surface area contributed by atoms with Crippen molar-refractivity contribution in [1.29, 1.82) is 0 Å². The second-order valence-electron chi connectivity index (χ2n) is 4.38. The fourth-order valence-corrected chi connectivity index (χ4v) is 2.08. The van der Waals surface area contributed by atoms with Gasteiger partial charge in [-0.05, 0) is 38.1 Å². The van der Waals surface area contributed by atoms with Crippen molar-refractivity contribution in [3.05, 3.63) is 46.7 Å². The Kier molecular flexibility index (Phi) is 3.81. The third-order valence-corrected chi connectivity index (χ3v) is 3.11. The molecular weight excluding hydrogens is 264 g/mol. The summed E-state index contributed by atoms with van der Waals surface area (Å²) in [6.45, 7) is 3.78. The fraction of sp³-hybridized carbons (Fsp3) is 0.214. The van der Waals surface area contributed by atoms with Crippen LogP contribution in [0.5, 0.6) is 11.5 Å². The highest BCUT2D eigenvalue weighted by Gasteiger charge is 2.12. The van der Waals surface area contributed by atoms with Gasteiger partial charge in [0.15, 0.2) is 0 Å². The number of hydrogen-bond acceptors (Lipinski definition) is 4. The minimum Gasteiger partial charge on any atom is -0.508 e. The quantitative estimate of drug-likeness (QED) is 0.750. The SMILES string of the molecule is Cc1nc(Cl)ccc1NC(C)c1ccc(O)cc1O. The Bertz CT molecular complexity index is 602. The van der Waals surface area contributed by atoms with Crippen LogP contribution in [0.15, 0.2) is 30.3 Å². The number of phenols is 2.